The largest absolute Gasteiger partial charge is 0.325 e. The van der Waals surface area contributed by atoms with Crippen LogP contribution in [0.25, 0.3) is 0 Å². The smallest absolute Gasteiger partial charge is 0.234 e. The molecule has 0 fully saturated rings. The minimum absolute atomic E-state index is 0.0422. The Balaban J connectivity index is 2.32. The molecule has 0 spiro atoms. The van der Waals surface area contributed by atoms with E-state index in [0.29, 0.717) is 6.42 Å². The lowest BCUT2D eigenvalue weighted by atomic mass is 9.96. The first-order valence-corrected chi connectivity index (χ1v) is 8.51. The summed E-state index contributed by atoms with van der Waals surface area (Å²) in [7, 11) is 0. The minimum Gasteiger partial charge on any atom is -0.325 e. The summed E-state index contributed by atoms with van der Waals surface area (Å²) in [6.45, 7) is 3.72. The van der Waals surface area contributed by atoms with Crippen molar-refractivity contribution in [2.45, 2.75) is 65.2 Å². The van der Waals surface area contributed by atoms with Crippen LogP contribution >= 0.6 is 0 Å². The lowest BCUT2D eigenvalue weighted by Crippen LogP contribution is -2.28. The van der Waals surface area contributed by atoms with Gasteiger partial charge >= 0.3 is 0 Å². The Morgan fingerprint density at radius 2 is 1.55 bits per heavy atom. The number of hydrogen-bond donors (Lipinski definition) is 1. The number of unbranched alkanes of at least 4 members (excludes halogenated alkanes) is 6. The molecule has 0 aliphatic carbocycles. The number of ketones is 1. The molecule has 3 nitrogen and oxygen atoms in total. The van der Waals surface area contributed by atoms with Crippen molar-refractivity contribution in [2.75, 3.05) is 5.32 Å². The van der Waals surface area contributed by atoms with Gasteiger partial charge in [-0.05, 0) is 25.5 Å². The van der Waals surface area contributed by atoms with E-state index in [4.69, 9.17) is 0 Å². The molecular formula is C19H29NO2. The van der Waals surface area contributed by atoms with Crippen LogP contribution < -0.4 is 5.32 Å². The molecule has 22 heavy (non-hydrogen) atoms. The molecule has 3 heteroatoms. The van der Waals surface area contributed by atoms with Gasteiger partial charge in [0.2, 0.25) is 5.91 Å². The SMILES string of the molecule is CCCCCCCCC[C@H](C(C)=O)C(=O)Nc1ccccc1. The van der Waals surface area contributed by atoms with E-state index in [2.05, 4.69) is 12.2 Å². The summed E-state index contributed by atoms with van der Waals surface area (Å²) >= 11 is 0. The molecule has 0 bridgehead atoms. The lowest BCUT2D eigenvalue weighted by molar-refractivity contribution is -0.130. The lowest BCUT2D eigenvalue weighted by Gasteiger charge is -2.14. The molecule has 122 valence electrons. The van der Waals surface area contributed by atoms with Gasteiger partial charge in [0, 0.05) is 5.69 Å². The summed E-state index contributed by atoms with van der Waals surface area (Å²) in [6.07, 6.45) is 9.01. The van der Waals surface area contributed by atoms with Crippen LogP contribution in [0.4, 0.5) is 5.69 Å². The molecule has 0 saturated carbocycles. The Hall–Kier alpha value is -1.64. The molecule has 1 atom stereocenters. The number of anilines is 1. The van der Waals surface area contributed by atoms with Crippen LogP contribution in [0, 0.1) is 5.92 Å². The van der Waals surface area contributed by atoms with Gasteiger partial charge in [0.25, 0.3) is 0 Å². The van der Waals surface area contributed by atoms with E-state index in [1.807, 2.05) is 30.3 Å². The fourth-order valence-electron chi connectivity index (χ4n) is 2.58. The Bertz CT molecular complexity index is 442. The summed E-state index contributed by atoms with van der Waals surface area (Å²) in [5.74, 6) is -0.736. The first-order chi connectivity index (χ1) is 10.6. The van der Waals surface area contributed by atoms with Crippen molar-refractivity contribution in [3.8, 4) is 0 Å². The van der Waals surface area contributed by atoms with Crippen molar-refractivity contribution >= 4 is 17.4 Å². The highest BCUT2D eigenvalue weighted by atomic mass is 16.2. The third-order valence-corrected chi connectivity index (χ3v) is 3.94. The van der Waals surface area contributed by atoms with Gasteiger partial charge in [-0.2, -0.15) is 0 Å². The maximum atomic E-state index is 12.2. The van der Waals surface area contributed by atoms with E-state index < -0.39 is 5.92 Å². The van der Waals surface area contributed by atoms with E-state index >= 15 is 0 Å². The van der Waals surface area contributed by atoms with Crippen LogP contribution in [0.15, 0.2) is 30.3 Å². The normalized spacial score (nSPS) is 11.9. The van der Waals surface area contributed by atoms with Crippen molar-refractivity contribution < 1.29 is 9.59 Å². The molecule has 1 rings (SSSR count). The summed E-state index contributed by atoms with van der Waals surface area (Å²) < 4.78 is 0. The summed E-state index contributed by atoms with van der Waals surface area (Å²) in [5.41, 5.74) is 0.748. The Morgan fingerprint density at radius 1 is 0.955 bits per heavy atom. The highest BCUT2D eigenvalue weighted by Crippen LogP contribution is 2.16. The van der Waals surface area contributed by atoms with Crippen LogP contribution in [0.2, 0.25) is 0 Å². The molecule has 0 saturated heterocycles. The molecule has 0 aliphatic heterocycles. The van der Waals surface area contributed by atoms with Crippen molar-refractivity contribution in [3.05, 3.63) is 30.3 Å². The minimum atomic E-state index is -0.518. The molecule has 1 aromatic rings. The third-order valence-electron chi connectivity index (χ3n) is 3.94. The van der Waals surface area contributed by atoms with Gasteiger partial charge in [0.1, 0.15) is 5.78 Å². The number of para-hydroxylation sites is 1. The molecule has 1 N–H and O–H groups in total. The van der Waals surface area contributed by atoms with E-state index in [1.54, 1.807) is 0 Å². The van der Waals surface area contributed by atoms with Crippen LogP contribution in [0.3, 0.4) is 0 Å². The molecular weight excluding hydrogens is 274 g/mol. The molecule has 1 amide bonds. The first kappa shape index (κ1) is 18.4. The standard InChI is InChI=1S/C19H29NO2/c1-3-4-5-6-7-8-12-15-18(16(2)21)19(22)20-17-13-10-9-11-14-17/h9-11,13-14,18H,3-8,12,15H2,1-2H3,(H,20,22)/t18-/m1/s1. The van der Waals surface area contributed by atoms with Crippen LogP contribution in [-0.4, -0.2) is 11.7 Å². The highest BCUT2D eigenvalue weighted by Gasteiger charge is 2.22. The number of hydrogen-bond acceptors (Lipinski definition) is 2. The molecule has 0 aliphatic rings. The third kappa shape index (κ3) is 7.39. The topological polar surface area (TPSA) is 46.2 Å². The fraction of sp³-hybridized carbons (Fsp3) is 0.579. The van der Waals surface area contributed by atoms with Crippen LogP contribution in [0.1, 0.15) is 65.2 Å². The van der Waals surface area contributed by atoms with Gasteiger partial charge in [-0.1, -0.05) is 70.1 Å². The van der Waals surface area contributed by atoms with Crippen molar-refractivity contribution in [2.24, 2.45) is 5.92 Å². The number of amides is 1. The highest BCUT2D eigenvalue weighted by molar-refractivity contribution is 6.06. The molecule has 0 radical (unpaired) electrons. The Morgan fingerprint density at radius 3 is 2.14 bits per heavy atom. The van der Waals surface area contributed by atoms with Crippen LogP contribution in [-0.2, 0) is 9.59 Å². The number of carbonyl (C=O) groups excluding carboxylic acids is 2. The molecule has 0 unspecified atom stereocenters. The summed E-state index contributed by atoms with van der Waals surface area (Å²) in [6, 6.07) is 9.31. The number of rotatable bonds is 11. The maximum Gasteiger partial charge on any atom is 0.234 e. The maximum absolute atomic E-state index is 12.2. The first-order valence-electron chi connectivity index (χ1n) is 8.51. The van der Waals surface area contributed by atoms with Gasteiger partial charge < -0.3 is 5.32 Å². The monoisotopic (exact) mass is 303 g/mol. The van der Waals surface area contributed by atoms with Gasteiger partial charge in [0.15, 0.2) is 0 Å². The second-order valence-corrected chi connectivity index (χ2v) is 5.93. The van der Waals surface area contributed by atoms with Crippen LogP contribution in [0.5, 0.6) is 0 Å². The second kappa shape index (κ2) is 11.0. The summed E-state index contributed by atoms with van der Waals surface area (Å²) in [4.78, 5) is 23.9. The van der Waals surface area contributed by atoms with E-state index in [1.165, 1.54) is 39.0 Å². The van der Waals surface area contributed by atoms with Gasteiger partial charge in [0.05, 0.1) is 5.92 Å². The Kier molecular flexibility index (Phi) is 9.20. The Labute approximate surface area is 134 Å². The van der Waals surface area contributed by atoms with Gasteiger partial charge in [-0.15, -0.1) is 0 Å². The average molecular weight is 303 g/mol. The number of carbonyl (C=O) groups is 2. The molecule has 0 heterocycles. The molecule has 1 aromatic carbocycles. The molecule has 0 aromatic heterocycles. The van der Waals surface area contributed by atoms with E-state index in [-0.39, 0.29) is 11.7 Å². The zero-order chi connectivity index (χ0) is 16.2. The predicted molar refractivity (Wildman–Crippen MR) is 91.9 cm³/mol. The van der Waals surface area contributed by atoms with E-state index in [9.17, 15) is 9.59 Å². The zero-order valence-electron chi connectivity index (χ0n) is 13.9. The summed E-state index contributed by atoms with van der Waals surface area (Å²) in [5, 5.41) is 2.83. The fourth-order valence-corrected chi connectivity index (χ4v) is 2.58. The van der Waals surface area contributed by atoms with E-state index in [0.717, 1.165) is 18.5 Å². The quantitative estimate of drug-likeness (QED) is 0.463. The average Bonchev–Trinajstić information content (AvgIpc) is 2.50. The van der Waals surface area contributed by atoms with Gasteiger partial charge in [-0.25, -0.2) is 0 Å². The predicted octanol–water partition coefficient (Wildman–Crippen LogP) is 4.97. The number of nitrogens with one attached hydrogen (secondary N) is 1. The zero-order valence-corrected chi connectivity index (χ0v) is 13.9. The second-order valence-electron chi connectivity index (χ2n) is 5.93. The number of Topliss-reactive ketones (excluding diaryl/α,β-unsaturated/α-hetero) is 1. The van der Waals surface area contributed by atoms with Gasteiger partial charge in [-0.3, -0.25) is 9.59 Å². The van der Waals surface area contributed by atoms with Crippen molar-refractivity contribution in [3.63, 3.8) is 0 Å². The number of benzene rings is 1. The van der Waals surface area contributed by atoms with Crippen molar-refractivity contribution in [1.82, 2.24) is 0 Å². The van der Waals surface area contributed by atoms with Crippen molar-refractivity contribution in [1.29, 1.82) is 0 Å².